The van der Waals surface area contributed by atoms with E-state index >= 15 is 0 Å². The number of amides is 1. The Bertz CT molecular complexity index is 930. The van der Waals surface area contributed by atoms with Crippen LogP contribution in [0.15, 0.2) is 59.6 Å². The lowest BCUT2D eigenvalue weighted by Crippen LogP contribution is -2.21. The Morgan fingerprint density at radius 2 is 1.92 bits per heavy atom. The molecule has 7 heteroatoms. The maximum absolute atomic E-state index is 12.0. The van der Waals surface area contributed by atoms with Crippen LogP contribution in [0.2, 0.25) is 0 Å². The zero-order valence-corrected chi connectivity index (χ0v) is 14.2. The lowest BCUT2D eigenvalue weighted by Gasteiger charge is -2.07. The van der Waals surface area contributed by atoms with Crippen molar-refractivity contribution >= 4 is 40.4 Å². The number of para-hydroxylation sites is 2. The summed E-state index contributed by atoms with van der Waals surface area (Å²) in [6.07, 6.45) is 3.29. The molecule has 126 valence electrons. The van der Waals surface area contributed by atoms with Gasteiger partial charge in [-0.2, -0.15) is 0 Å². The summed E-state index contributed by atoms with van der Waals surface area (Å²) in [6, 6.07) is 14.6. The van der Waals surface area contributed by atoms with Gasteiger partial charge in [-0.15, -0.1) is 11.8 Å². The third kappa shape index (κ3) is 4.33. The van der Waals surface area contributed by atoms with Crippen LogP contribution in [-0.2, 0) is 9.53 Å². The normalized spacial score (nSPS) is 10.4. The van der Waals surface area contributed by atoms with E-state index in [1.165, 1.54) is 6.20 Å². The Balaban J connectivity index is 1.59. The first-order valence-corrected chi connectivity index (χ1v) is 8.71. The lowest BCUT2D eigenvalue weighted by molar-refractivity contribution is -0.119. The fourth-order valence-electron chi connectivity index (χ4n) is 2.16. The number of rotatable bonds is 5. The van der Waals surface area contributed by atoms with Gasteiger partial charge in [0, 0.05) is 10.6 Å². The van der Waals surface area contributed by atoms with Crippen molar-refractivity contribution in [3.8, 4) is 0 Å². The molecule has 0 fully saturated rings. The second-order valence-corrected chi connectivity index (χ2v) is 5.98. The number of hydrogen-bond donors (Lipinski definition) is 1. The van der Waals surface area contributed by atoms with Crippen molar-refractivity contribution in [1.29, 1.82) is 0 Å². The molecule has 0 aliphatic rings. The lowest BCUT2D eigenvalue weighted by atomic mass is 10.3. The van der Waals surface area contributed by atoms with Gasteiger partial charge in [0.2, 0.25) is 0 Å². The summed E-state index contributed by atoms with van der Waals surface area (Å²) in [5.74, 6) is -1.10. The highest BCUT2D eigenvalue weighted by Gasteiger charge is 2.13. The van der Waals surface area contributed by atoms with E-state index < -0.39 is 18.5 Å². The van der Waals surface area contributed by atoms with E-state index in [0.29, 0.717) is 16.7 Å². The van der Waals surface area contributed by atoms with Gasteiger partial charge in [-0.1, -0.05) is 18.2 Å². The summed E-state index contributed by atoms with van der Waals surface area (Å²) in [4.78, 5) is 33.3. The van der Waals surface area contributed by atoms with Gasteiger partial charge in [0.1, 0.15) is 0 Å². The fourth-order valence-corrected chi connectivity index (χ4v) is 2.62. The summed E-state index contributed by atoms with van der Waals surface area (Å²) in [6.45, 7) is -0.392. The standard InChI is InChI=1S/C18H15N3O3S/c1-25-13-6-4-5-12(9-13)20-17(22)11-24-18(23)16-10-19-14-7-2-3-8-15(14)21-16/h2-10H,11H2,1H3,(H,20,22). The molecule has 1 heterocycles. The van der Waals surface area contributed by atoms with Crippen molar-refractivity contribution < 1.29 is 14.3 Å². The Hall–Kier alpha value is -2.93. The maximum Gasteiger partial charge on any atom is 0.359 e. The quantitative estimate of drug-likeness (QED) is 0.560. The van der Waals surface area contributed by atoms with Crippen LogP contribution in [-0.4, -0.2) is 34.7 Å². The van der Waals surface area contributed by atoms with Gasteiger partial charge in [0.25, 0.3) is 5.91 Å². The highest BCUT2D eigenvalue weighted by atomic mass is 32.2. The maximum atomic E-state index is 12.0. The minimum atomic E-state index is -0.689. The predicted octanol–water partition coefficient (Wildman–Crippen LogP) is 3.15. The molecule has 1 aromatic heterocycles. The van der Waals surface area contributed by atoms with E-state index in [1.54, 1.807) is 30.0 Å². The van der Waals surface area contributed by atoms with Crippen molar-refractivity contribution in [3.05, 3.63) is 60.4 Å². The number of ether oxygens (including phenoxy) is 1. The Morgan fingerprint density at radius 1 is 1.12 bits per heavy atom. The molecule has 25 heavy (non-hydrogen) atoms. The largest absolute Gasteiger partial charge is 0.451 e. The average Bonchev–Trinajstić information content (AvgIpc) is 2.65. The van der Waals surface area contributed by atoms with Crippen LogP contribution in [0.4, 0.5) is 5.69 Å². The molecule has 0 bridgehead atoms. The van der Waals surface area contributed by atoms with E-state index in [0.717, 1.165) is 4.90 Å². The predicted molar refractivity (Wildman–Crippen MR) is 96.7 cm³/mol. The summed E-state index contributed by atoms with van der Waals surface area (Å²) in [5, 5.41) is 2.69. The minimum Gasteiger partial charge on any atom is -0.451 e. The van der Waals surface area contributed by atoms with Crippen LogP contribution in [0.25, 0.3) is 11.0 Å². The molecule has 0 saturated carbocycles. The zero-order chi connectivity index (χ0) is 17.6. The number of thioether (sulfide) groups is 1. The topological polar surface area (TPSA) is 81.2 Å². The van der Waals surface area contributed by atoms with Gasteiger partial charge in [0.15, 0.2) is 12.3 Å². The number of hydrogen-bond acceptors (Lipinski definition) is 6. The van der Waals surface area contributed by atoms with Gasteiger partial charge in [-0.25, -0.2) is 9.78 Å². The van der Waals surface area contributed by atoms with Crippen molar-refractivity contribution in [1.82, 2.24) is 9.97 Å². The van der Waals surface area contributed by atoms with Crippen LogP contribution in [0.1, 0.15) is 10.5 Å². The first-order valence-electron chi connectivity index (χ1n) is 7.48. The van der Waals surface area contributed by atoms with E-state index in [-0.39, 0.29) is 5.69 Å². The molecule has 6 nitrogen and oxygen atoms in total. The number of esters is 1. The number of fused-ring (bicyclic) bond motifs is 1. The molecule has 3 rings (SSSR count). The number of nitrogens with zero attached hydrogens (tertiary/aromatic N) is 2. The third-order valence-electron chi connectivity index (χ3n) is 3.35. The van der Waals surface area contributed by atoms with E-state index in [4.69, 9.17) is 4.74 Å². The summed E-state index contributed by atoms with van der Waals surface area (Å²) < 4.78 is 5.01. The number of benzene rings is 2. The van der Waals surface area contributed by atoms with Crippen molar-refractivity contribution in [2.45, 2.75) is 4.90 Å². The molecule has 1 amide bonds. The molecule has 0 atom stereocenters. The van der Waals surface area contributed by atoms with E-state index in [2.05, 4.69) is 15.3 Å². The molecule has 0 aliphatic carbocycles. The summed E-state index contributed by atoms with van der Waals surface area (Å²) >= 11 is 1.57. The van der Waals surface area contributed by atoms with Crippen molar-refractivity contribution in [3.63, 3.8) is 0 Å². The Labute approximate surface area is 148 Å². The molecule has 0 aliphatic heterocycles. The van der Waals surface area contributed by atoms with E-state index in [1.807, 2.05) is 36.6 Å². The van der Waals surface area contributed by atoms with Gasteiger partial charge < -0.3 is 10.1 Å². The van der Waals surface area contributed by atoms with Crippen molar-refractivity contribution in [2.75, 3.05) is 18.2 Å². The molecule has 2 aromatic carbocycles. The molecule has 3 aromatic rings. The third-order valence-corrected chi connectivity index (χ3v) is 4.07. The van der Waals surface area contributed by atoms with Gasteiger partial charge in [0.05, 0.1) is 17.2 Å². The van der Waals surface area contributed by atoms with Crippen LogP contribution in [0, 0.1) is 0 Å². The molecule has 0 saturated heterocycles. The zero-order valence-electron chi connectivity index (χ0n) is 13.4. The molecular weight excluding hydrogens is 338 g/mol. The minimum absolute atomic E-state index is 0.0656. The van der Waals surface area contributed by atoms with Gasteiger partial charge in [-0.05, 0) is 36.6 Å². The first kappa shape index (κ1) is 16.9. The number of anilines is 1. The first-order chi connectivity index (χ1) is 12.2. The van der Waals surface area contributed by atoms with Crippen molar-refractivity contribution in [2.24, 2.45) is 0 Å². The number of aromatic nitrogens is 2. The summed E-state index contributed by atoms with van der Waals surface area (Å²) in [7, 11) is 0. The Kier molecular flexibility index (Phi) is 5.25. The smallest absolute Gasteiger partial charge is 0.359 e. The second kappa shape index (κ2) is 7.76. The van der Waals surface area contributed by atoms with Gasteiger partial charge >= 0.3 is 5.97 Å². The molecule has 0 spiro atoms. The van der Waals surface area contributed by atoms with E-state index in [9.17, 15) is 9.59 Å². The second-order valence-electron chi connectivity index (χ2n) is 5.10. The number of carbonyl (C=O) groups is 2. The highest BCUT2D eigenvalue weighted by Crippen LogP contribution is 2.18. The number of carbonyl (C=O) groups excluding carboxylic acids is 2. The average molecular weight is 353 g/mol. The Morgan fingerprint density at radius 3 is 2.72 bits per heavy atom. The van der Waals surface area contributed by atoms with Gasteiger partial charge in [-0.3, -0.25) is 9.78 Å². The number of nitrogens with one attached hydrogen (secondary N) is 1. The fraction of sp³-hybridized carbons (Fsp3) is 0.111. The van der Waals surface area contributed by atoms with Crippen LogP contribution >= 0.6 is 11.8 Å². The molecule has 0 radical (unpaired) electrons. The highest BCUT2D eigenvalue weighted by molar-refractivity contribution is 7.98. The van der Waals surface area contributed by atoms with Crippen LogP contribution < -0.4 is 5.32 Å². The molecular formula is C18H15N3O3S. The van der Waals surface area contributed by atoms with Crippen LogP contribution in [0.3, 0.4) is 0 Å². The summed E-state index contributed by atoms with van der Waals surface area (Å²) in [5.41, 5.74) is 2.00. The molecule has 1 N–H and O–H groups in total. The SMILES string of the molecule is CSc1cccc(NC(=O)COC(=O)c2cnc3ccccc3n2)c1. The molecule has 0 unspecified atom stereocenters. The van der Waals surface area contributed by atoms with Crippen LogP contribution in [0.5, 0.6) is 0 Å². The monoisotopic (exact) mass is 353 g/mol.